The molecule has 1 atom stereocenters. The summed E-state index contributed by atoms with van der Waals surface area (Å²) in [6.07, 6.45) is 2.99. The average Bonchev–Trinajstić information content (AvgIpc) is 3.33. The lowest BCUT2D eigenvalue weighted by Crippen LogP contribution is -2.37. The second-order valence-corrected chi connectivity index (χ2v) is 7.47. The van der Waals surface area contributed by atoms with Gasteiger partial charge in [0, 0.05) is 37.7 Å². The molecular formula is C22H32N4O3. The Morgan fingerprint density at radius 2 is 2.14 bits per heavy atom. The number of guanidine groups is 1. The summed E-state index contributed by atoms with van der Waals surface area (Å²) < 4.78 is 16.8. The summed E-state index contributed by atoms with van der Waals surface area (Å²) in [5.74, 6) is 2.60. The van der Waals surface area contributed by atoms with Crippen molar-refractivity contribution in [1.82, 2.24) is 15.8 Å². The predicted octanol–water partition coefficient (Wildman–Crippen LogP) is 3.07. The van der Waals surface area contributed by atoms with E-state index in [1.165, 1.54) is 11.1 Å². The van der Waals surface area contributed by atoms with Crippen molar-refractivity contribution < 1.29 is 14.0 Å². The summed E-state index contributed by atoms with van der Waals surface area (Å²) in [5.41, 5.74) is 4.47. The van der Waals surface area contributed by atoms with E-state index in [9.17, 15) is 0 Å². The first-order valence-electron chi connectivity index (χ1n) is 10.3. The highest BCUT2D eigenvalue weighted by molar-refractivity contribution is 5.79. The topological polar surface area (TPSA) is 80.9 Å². The number of aromatic nitrogens is 1. The Hall–Kier alpha value is -2.54. The monoisotopic (exact) mass is 400 g/mol. The first-order valence-corrected chi connectivity index (χ1v) is 10.3. The molecule has 0 amide bonds. The van der Waals surface area contributed by atoms with Gasteiger partial charge in [0.1, 0.15) is 17.6 Å². The molecule has 0 aliphatic carbocycles. The summed E-state index contributed by atoms with van der Waals surface area (Å²) in [6.45, 7) is 8.92. The molecule has 1 saturated heterocycles. The molecule has 3 rings (SSSR count). The summed E-state index contributed by atoms with van der Waals surface area (Å²) >= 11 is 0. The van der Waals surface area contributed by atoms with E-state index in [1.807, 2.05) is 13.8 Å². The molecule has 1 aromatic carbocycles. The Labute approximate surface area is 172 Å². The smallest absolute Gasteiger partial charge is 0.191 e. The van der Waals surface area contributed by atoms with Gasteiger partial charge in [0.05, 0.1) is 18.9 Å². The molecule has 2 N–H and O–H groups in total. The van der Waals surface area contributed by atoms with Gasteiger partial charge >= 0.3 is 0 Å². The number of hydrogen-bond acceptors (Lipinski definition) is 5. The minimum Gasteiger partial charge on any atom is -0.488 e. The van der Waals surface area contributed by atoms with Crippen LogP contribution in [0.4, 0.5) is 0 Å². The number of aliphatic imine (C=N–C) groups is 1. The van der Waals surface area contributed by atoms with E-state index in [0.29, 0.717) is 13.2 Å². The van der Waals surface area contributed by atoms with Crippen LogP contribution in [0.15, 0.2) is 27.7 Å². The van der Waals surface area contributed by atoms with Crippen molar-refractivity contribution in [3.8, 4) is 5.75 Å². The molecule has 1 unspecified atom stereocenters. The van der Waals surface area contributed by atoms with Crippen LogP contribution in [0, 0.1) is 20.8 Å². The molecule has 2 aromatic rings. The first-order chi connectivity index (χ1) is 14.1. The van der Waals surface area contributed by atoms with E-state index in [1.54, 1.807) is 7.05 Å². The molecule has 7 heteroatoms. The van der Waals surface area contributed by atoms with Crippen molar-refractivity contribution in [2.75, 3.05) is 26.8 Å². The standard InChI is InChI=1S/C22H32N4O3/c1-15-7-8-18(21(12-15)28-19-9-11-27-14-19)13-25-22(23-4)24-10-5-6-20-16(2)26-29-17(20)3/h7-8,12,19H,5-6,9-11,13-14H2,1-4H3,(H2,23,24,25). The van der Waals surface area contributed by atoms with Gasteiger partial charge in [-0.2, -0.15) is 0 Å². The molecule has 0 radical (unpaired) electrons. The molecule has 1 aliphatic heterocycles. The maximum absolute atomic E-state index is 6.18. The van der Waals surface area contributed by atoms with Crippen molar-refractivity contribution in [2.24, 2.45) is 4.99 Å². The van der Waals surface area contributed by atoms with Gasteiger partial charge < -0.3 is 24.6 Å². The van der Waals surface area contributed by atoms with Crippen molar-refractivity contribution in [2.45, 2.75) is 52.7 Å². The Morgan fingerprint density at radius 1 is 1.28 bits per heavy atom. The fraction of sp³-hybridized carbons (Fsp3) is 0.545. The molecular weight excluding hydrogens is 368 g/mol. The second kappa shape index (κ2) is 10.3. The Kier molecular flexibility index (Phi) is 7.52. The largest absolute Gasteiger partial charge is 0.488 e. The van der Waals surface area contributed by atoms with Gasteiger partial charge in [-0.05, 0) is 45.2 Å². The van der Waals surface area contributed by atoms with E-state index in [2.05, 4.69) is 45.9 Å². The van der Waals surface area contributed by atoms with Gasteiger partial charge in [-0.1, -0.05) is 17.3 Å². The number of nitrogens with one attached hydrogen (secondary N) is 2. The molecule has 158 valence electrons. The number of hydrogen-bond donors (Lipinski definition) is 2. The van der Waals surface area contributed by atoms with Crippen LogP contribution in [0.3, 0.4) is 0 Å². The van der Waals surface area contributed by atoms with Crippen LogP contribution in [0.2, 0.25) is 0 Å². The fourth-order valence-corrected chi connectivity index (χ4v) is 3.43. The molecule has 2 heterocycles. The number of nitrogens with zero attached hydrogens (tertiary/aromatic N) is 2. The van der Waals surface area contributed by atoms with E-state index in [-0.39, 0.29) is 6.10 Å². The van der Waals surface area contributed by atoms with Gasteiger partial charge in [-0.3, -0.25) is 4.99 Å². The maximum atomic E-state index is 6.18. The predicted molar refractivity (Wildman–Crippen MR) is 114 cm³/mol. The van der Waals surface area contributed by atoms with Crippen LogP contribution in [-0.4, -0.2) is 44.0 Å². The SMILES string of the molecule is CN=C(NCCCc1c(C)noc1C)NCc1ccc(C)cc1OC1CCOC1. The van der Waals surface area contributed by atoms with E-state index >= 15 is 0 Å². The summed E-state index contributed by atoms with van der Waals surface area (Å²) in [5, 5.41) is 10.8. The van der Waals surface area contributed by atoms with Crippen LogP contribution in [0.25, 0.3) is 0 Å². The van der Waals surface area contributed by atoms with E-state index in [4.69, 9.17) is 14.0 Å². The van der Waals surface area contributed by atoms with Crippen molar-refractivity contribution in [3.63, 3.8) is 0 Å². The maximum Gasteiger partial charge on any atom is 0.191 e. The van der Waals surface area contributed by atoms with Crippen molar-refractivity contribution in [1.29, 1.82) is 0 Å². The zero-order valence-corrected chi connectivity index (χ0v) is 17.9. The van der Waals surface area contributed by atoms with E-state index in [0.717, 1.165) is 61.1 Å². The minimum absolute atomic E-state index is 0.136. The quantitative estimate of drug-likeness (QED) is 0.403. The Balaban J connectivity index is 1.48. The molecule has 1 aromatic heterocycles. The van der Waals surface area contributed by atoms with Crippen LogP contribution in [-0.2, 0) is 17.7 Å². The lowest BCUT2D eigenvalue weighted by atomic mass is 10.1. The molecule has 0 bridgehead atoms. The van der Waals surface area contributed by atoms with Gasteiger partial charge in [-0.15, -0.1) is 0 Å². The average molecular weight is 401 g/mol. The van der Waals surface area contributed by atoms with Gasteiger partial charge in [-0.25, -0.2) is 0 Å². The third-order valence-electron chi connectivity index (χ3n) is 5.15. The van der Waals surface area contributed by atoms with Gasteiger partial charge in [0.2, 0.25) is 0 Å². The second-order valence-electron chi connectivity index (χ2n) is 7.47. The number of ether oxygens (including phenoxy) is 2. The molecule has 1 fully saturated rings. The molecule has 7 nitrogen and oxygen atoms in total. The highest BCUT2D eigenvalue weighted by Gasteiger charge is 2.18. The van der Waals surface area contributed by atoms with Crippen LogP contribution >= 0.6 is 0 Å². The van der Waals surface area contributed by atoms with Crippen molar-refractivity contribution >= 4 is 5.96 Å². The van der Waals surface area contributed by atoms with Gasteiger partial charge in [0.15, 0.2) is 5.96 Å². The first kappa shape index (κ1) is 21.2. The van der Waals surface area contributed by atoms with Crippen LogP contribution < -0.4 is 15.4 Å². The molecule has 0 saturated carbocycles. The summed E-state index contributed by atoms with van der Waals surface area (Å²) in [4.78, 5) is 4.33. The summed E-state index contributed by atoms with van der Waals surface area (Å²) in [7, 11) is 1.78. The van der Waals surface area contributed by atoms with Gasteiger partial charge in [0.25, 0.3) is 0 Å². The van der Waals surface area contributed by atoms with Crippen LogP contribution in [0.1, 0.15) is 41.0 Å². The molecule has 29 heavy (non-hydrogen) atoms. The van der Waals surface area contributed by atoms with Crippen LogP contribution in [0.5, 0.6) is 5.75 Å². The lowest BCUT2D eigenvalue weighted by Gasteiger charge is -2.18. The Bertz CT molecular complexity index is 806. The summed E-state index contributed by atoms with van der Waals surface area (Å²) in [6, 6.07) is 6.31. The zero-order chi connectivity index (χ0) is 20.6. The fourth-order valence-electron chi connectivity index (χ4n) is 3.43. The lowest BCUT2D eigenvalue weighted by molar-refractivity contribution is 0.140. The zero-order valence-electron chi connectivity index (χ0n) is 17.9. The van der Waals surface area contributed by atoms with Crippen molar-refractivity contribution in [3.05, 3.63) is 46.3 Å². The number of aryl methyl sites for hydroxylation is 3. The normalized spacial score (nSPS) is 16.8. The number of rotatable bonds is 8. The molecule has 0 spiro atoms. The minimum atomic E-state index is 0.136. The highest BCUT2D eigenvalue weighted by atomic mass is 16.5. The highest BCUT2D eigenvalue weighted by Crippen LogP contribution is 2.23. The third-order valence-corrected chi connectivity index (χ3v) is 5.15. The number of benzene rings is 1. The third kappa shape index (κ3) is 5.97. The van der Waals surface area contributed by atoms with E-state index < -0.39 is 0 Å². The Morgan fingerprint density at radius 3 is 2.83 bits per heavy atom. The molecule has 1 aliphatic rings.